The molecule has 2 aromatic heterocycles. The number of pyridine rings is 1. The number of amides is 1. The van der Waals surface area contributed by atoms with E-state index in [9.17, 15) is 9.59 Å². The molecule has 0 aliphatic carbocycles. The van der Waals surface area contributed by atoms with Crippen LogP contribution in [0.2, 0.25) is 0 Å². The van der Waals surface area contributed by atoms with Gasteiger partial charge in [-0.3, -0.25) is 9.89 Å². The standard InChI is InChI=1S/C21H22N4O5/c1-3-29-21(27)30-19-10-8-15(13-22-19)20(26)23-18-12-16(24-25-18)9-7-14-5-4-6-17(11-14)28-2/h4-6,8,10-13H,3,7,9H2,1-2H3,(H2,23,24,25,26). The van der Waals surface area contributed by atoms with Gasteiger partial charge in [0.15, 0.2) is 0 Å². The Morgan fingerprint density at radius 3 is 2.73 bits per heavy atom. The summed E-state index contributed by atoms with van der Waals surface area (Å²) < 4.78 is 14.8. The topological polar surface area (TPSA) is 115 Å². The average Bonchev–Trinajstić information content (AvgIpc) is 3.20. The summed E-state index contributed by atoms with van der Waals surface area (Å²) in [5, 5.41) is 9.76. The second-order valence-corrected chi connectivity index (χ2v) is 6.25. The Labute approximate surface area is 173 Å². The van der Waals surface area contributed by atoms with Gasteiger partial charge in [-0.25, -0.2) is 9.78 Å². The molecule has 0 aliphatic heterocycles. The lowest BCUT2D eigenvalue weighted by Crippen LogP contribution is -2.14. The third-order valence-electron chi connectivity index (χ3n) is 4.13. The van der Waals surface area contributed by atoms with Crippen molar-refractivity contribution in [3.8, 4) is 11.6 Å². The van der Waals surface area contributed by atoms with Crippen LogP contribution in [0, 0.1) is 0 Å². The molecule has 2 N–H and O–H groups in total. The van der Waals surface area contributed by atoms with E-state index in [0.29, 0.717) is 17.8 Å². The minimum Gasteiger partial charge on any atom is -0.497 e. The number of H-pyrrole nitrogens is 1. The fourth-order valence-corrected chi connectivity index (χ4v) is 2.66. The summed E-state index contributed by atoms with van der Waals surface area (Å²) in [4.78, 5) is 27.6. The SMILES string of the molecule is CCOC(=O)Oc1ccc(C(=O)Nc2cc(CCc3cccc(OC)c3)n[nH]2)cn1. The maximum absolute atomic E-state index is 12.4. The van der Waals surface area contributed by atoms with Crippen molar-refractivity contribution in [2.75, 3.05) is 19.0 Å². The first-order valence-corrected chi connectivity index (χ1v) is 9.36. The summed E-state index contributed by atoms with van der Waals surface area (Å²) in [7, 11) is 1.64. The highest BCUT2D eigenvalue weighted by molar-refractivity contribution is 6.03. The Balaban J connectivity index is 1.53. The van der Waals surface area contributed by atoms with Crippen LogP contribution >= 0.6 is 0 Å². The Bertz CT molecular complexity index is 1000. The maximum Gasteiger partial charge on any atom is 0.515 e. The quantitative estimate of drug-likeness (QED) is 0.547. The number of nitrogens with one attached hydrogen (secondary N) is 2. The van der Waals surface area contributed by atoms with E-state index >= 15 is 0 Å². The Kier molecular flexibility index (Phi) is 6.99. The van der Waals surface area contributed by atoms with Crippen LogP contribution in [0.25, 0.3) is 0 Å². The molecule has 30 heavy (non-hydrogen) atoms. The first-order valence-electron chi connectivity index (χ1n) is 9.36. The number of nitrogens with zero attached hydrogens (tertiary/aromatic N) is 2. The van der Waals surface area contributed by atoms with Gasteiger partial charge < -0.3 is 19.5 Å². The highest BCUT2D eigenvalue weighted by Gasteiger charge is 2.11. The number of hydrogen-bond donors (Lipinski definition) is 2. The predicted molar refractivity (Wildman–Crippen MR) is 109 cm³/mol. The van der Waals surface area contributed by atoms with Crippen molar-refractivity contribution in [1.29, 1.82) is 0 Å². The van der Waals surface area contributed by atoms with Crippen LogP contribution in [0.3, 0.4) is 0 Å². The summed E-state index contributed by atoms with van der Waals surface area (Å²) in [6.45, 7) is 1.87. The summed E-state index contributed by atoms with van der Waals surface area (Å²) in [6, 6.07) is 12.5. The maximum atomic E-state index is 12.4. The molecule has 1 aromatic carbocycles. The molecule has 0 saturated carbocycles. The molecular formula is C21H22N4O5. The van der Waals surface area contributed by atoms with Crippen LogP contribution in [0.5, 0.6) is 11.6 Å². The van der Waals surface area contributed by atoms with Crippen molar-refractivity contribution in [3.05, 3.63) is 65.5 Å². The molecular weight excluding hydrogens is 388 g/mol. The summed E-state index contributed by atoms with van der Waals surface area (Å²) in [5.74, 6) is 0.974. The number of aromatic nitrogens is 3. The zero-order valence-corrected chi connectivity index (χ0v) is 16.7. The minimum absolute atomic E-state index is 0.0476. The number of aryl methyl sites for hydroxylation is 2. The van der Waals surface area contributed by atoms with Gasteiger partial charge in [-0.05, 0) is 43.5 Å². The fourth-order valence-electron chi connectivity index (χ4n) is 2.66. The van der Waals surface area contributed by atoms with Crippen molar-refractivity contribution in [2.24, 2.45) is 0 Å². The molecule has 2 heterocycles. The molecule has 3 rings (SSSR count). The Morgan fingerprint density at radius 2 is 2.00 bits per heavy atom. The molecule has 0 unspecified atom stereocenters. The fraction of sp³-hybridized carbons (Fsp3) is 0.238. The first-order chi connectivity index (χ1) is 14.6. The predicted octanol–water partition coefficient (Wildman–Crippen LogP) is 3.39. The van der Waals surface area contributed by atoms with E-state index in [1.165, 1.54) is 18.3 Å². The van der Waals surface area contributed by atoms with Crippen LogP contribution in [0.15, 0.2) is 48.7 Å². The highest BCUT2D eigenvalue weighted by atomic mass is 16.7. The third-order valence-corrected chi connectivity index (χ3v) is 4.13. The van der Waals surface area contributed by atoms with Gasteiger partial charge in [0.05, 0.1) is 25.0 Å². The molecule has 0 fully saturated rings. The van der Waals surface area contributed by atoms with Crippen LogP contribution in [0.4, 0.5) is 10.6 Å². The molecule has 9 nitrogen and oxygen atoms in total. The Hall–Kier alpha value is -3.88. The van der Waals surface area contributed by atoms with Crippen molar-refractivity contribution in [1.82, 2.24) is 15.2 Å². The normalized spacial score (nSPS) is 10.3. The van der Waals surface area contributed by atoms with Gasteiger partial charge in [-0.2, -0.15) is 5.10 Å². The number of ether oxygens (including phenoxy) is 3. The molecule has 9 heteroatoms. The van der Waals surface area contributed by atoms with Crippen LogP contribution in [-0.4, -0.2) is 41.0 Å². The third kappa shape index (κ3) is 5.81. The number of carbonyl (C=O) groups is 2. The summed E-state index contributed by atoms with van der Waals surface area (Å²) in [5.41, 5.74) is 2.27. The van der Waals surface area contributed by atoms with E-state index in [0.717, 1.165) is 23.4 Å². The van der Waals surface area contributed by atoms with Gasteiger partial charge in [0.25, 0.3) is 5.91 Å². The molecule has 0 spiro atoms. The van der Waals surface area contributed by atoms with E-state index < -0.39 is 6.16 Å². The van der Waals surface area contributed by atoms with Crippen molar-refractivity contribution in [2.45, 2.75) is 19.8 Å². The molecule has 0 radical (unpaired) electrons. The molecule has 3 aromatic rings. The van der Waals surface area contributed by atoms with Gasteiger partial charge >= 0.3 is 6.16 Å². The lowest BCUT2D eigenvalue weighted by molar-refractivity contribution is 0.102. The molecule has 0 atom stereocenters. The van der Waals surface area contributed by atoms with E-state index in [1.54, 1.807) is 20.1 Å². The van der Waals surface area contributed by atoms with Gasteiger partial charge in [0.1, 0.15) is 11.6 Å². The zero-order valence-electron chi connectivity index (χ0n) is 16.7. The number of benzene rings is 1. The lowest BCUT2D eigenvalue weighted by atomic mass is 10.1. The van der Waals surface area contributed by atoms with Crippen molar-refractivity contribution >= 4 is 17.9 Å². The zero-order chi connectivity index (χ0) is 21.3. The van der Waals surface area contributed by atoms with Gasteiger partial charge in [-0.15, -0.1) is 0 Å². The highest BCUT2D eigenvalue weighted by Crippen LogP contribution is 2.16. The van der Waals surface area contributed by atoms with Gasteiger partial charge in [0, 0.05) is 18.3 Å². The van der Waals surface area contributed by atoms with Crippen molar-refractivity contribution < 1.29 is 23.8 Å². The second-order valence-electron chi connectivity index (χ2n) is 6.25. The number of carbonyl (C=O) groups excluding carboxylic acids is 2. The smallest absolute Gasteiger partial charge is 0.497 e. The van der Waals surface area contributed by atoms with E-state index in [2.05, 4.69) is 25.2 Å². The number of rotatable bonds is 8. The Morgan fingerprint density at radius 1 is 1.13 bits per heavy atom. The van der Waals surface area contributed by atoms with E-state index in [-0.39, 0.29) is 18.4 Å². The van der Waals surface area contributed by atoms with Crippen LogP contribution in [0.1, 0.15) is 28.5 Å². The number of methoxy groups -OCH3 is 1. The van der Waals surface area contributed by atoms with Gasteiger partial charge in [0.2, 0.25) is 5.88 Å². The largest absolute Gasteiger partial charge is 0.515 e. The average molecular weight is 410 g/mol. The number of hydrogen-bond acceptors (Lipinski definition) is 7. The second kappa shape index (κ2) is 10.1. The monoisotopic (exact) mass is 410 g/mol. The molecule has 0 saturated heterocycles. The molecule has 1 amide bonds. The minimum atomic E-state index is -0.846. The van der Waals surface area contributed by atoms with E-state index in [4.69, 9.17) is 9.47 Å². The summed E-state index contributed by atoms with van der Waals surface area (Å²) in [6.07, 6.45) is 1.97. The summed E-state index contributed by atoms with van der Waals surface area (Å²) >= 11 is 0. The molecule has 0 aliphatic rings. The lowest BCUT2D eigenvalue weighted by Gasteiger charge is -2.05. The molecule has 0 bridgehead atoms. The molecule has 156 valence electrons. The van der Waals surface area contributed by atoms with Crippen LogP contribution < -0.4 is 14.8 Å². The first kappa shape index (κ1) is 20.8. The number of anilines is 1. The van der Waals surface area contributed by atoms with Crippen LogP contribution in [-0.2, 0) is 17.6 Å². The van der Waals surface area contributed by atoms with E-state index in [1.807, 2.05) is 24.3 Å². The number of aromatic amines is 1. The van der Waals surface area contributed by atoms with Gasteiger partial charge in [-0.1, -0.05) is 12.1 Å². The van der Waals surface area contributed by atoms with Crippen molar-refractivity contribution in [3.63, 3.8) is 0 Å².